The number of hydrogen-bond acceptors (Lipinski definition) is 4. The quantitative estimate of drug-likeness (QED) is 0.705. The smallest absolute Gasteiger partial charge is 0.257 e. The summed E-state index contributed by atoms with van der Waals surface area (Å²) in [6.45, 7) is 3.17. The average Bonchev–Trinajstić information content (AvgIpc) is 2.89. The molecule has 0 unspecified atom stereocenters. The van der Waals surface area contributed by atoms with E-state index < -0.39 is 0 Å². The van der Waals surface area contributed by atoms with Crippen LogP contribution in [0.5, 0.6) is 5.75 Å². The Bertz CT molecular complexity index is 1010. The maximum atomic E-state index is 13.2. The number of ether oxygens (including phenoxy) is 1. The fraction of sp³-hybridized carbons (Fsp3) is 0.318. The number of benzene rings is 1. The molecule has 0 saturated carbocycles. The van der Waals surface area contributed by atoms with Gasteiger partial charge in [0.15, 0.2) is 0 Å². The average molecular weight is 376 g/mol. The Morgan fingerprint density at radius 2 is 1.89 bits per heavy atom. The first-order valence-corrected chi connectivity index (χ1v) is 9.48. The molecule has 0 saturated heterocycles. The monoisotopic (exact) mass is 376 g/mol. The number of methoxy groups -OCH3 is 1. The number of carbonyl (C=O) groups excluding carboxylic acids is 1. The van der Waals surface area contributed by atoms with Crippen molar-refractivity contribution in [1.82, 2.24) is 19.7 Å². The van der Waals surface area contributed by atoms with E-state index in [1.54, 1.807) is 19.4 Å². The van der Waals surface area contributed by atoms with Gasteiger partial charge in [-0.15, -0.1) is 0 Å². The first-order valence-electron chi connectivity index (χ1n) is 9.48. The topological polar surface area (TPSA) is 60.2 Å². The molecule has 28 heavy (non-hydrogen) atoms. The highest BCUT2D eigenvalue weighted by Crippen LogP contribution is 2.29. The summed E-state index contributed by atoms with van der Waals surface area (Å²) < 4.78 is 7.32. The van der Waals surface area contributed by atoms with Gasteiger partial charge in [0.2, 0.25) is 0 Å². The number of hydrogen-bond donors (Lipinski definition) is 0. The van der Waals surface area contributed by atoms with Crippen molar-refractivity contribution in [2.24, 2.45) is 7.05 Å². The largest absolute Gasteiger partial charge is 0.494 e. The van der Waals surface area contributed by atoms with Crippen LogP contribution in [0.1, 0.15) is 27.3 Å². The minimum atomic E-state index is -0.0156. The molecular formula is C22H24N4O2. The molecule has 4 rings (SSSR count). The first kappa shape index (κ1) is 18.2. The Labute approximate surface area is 164 Å². The molecular weight excluding hydrogens is 352 g/mol. The summed E-state index contributed by atoms with van der Waals surface area (Å²) in [4.78, 5) is 19.3. The van der Waals surface area contributed by atoms with Crippen LogP contribution in [0.25, 0.3) is 11.3 Å². The SMILES string of the molecule is COc1cnc(C)cc1C(=O)N1CCc2nn(C)c(-c3ccccc3)c2CC1. The van der Waals surface area contributed by atoms with E-state index in [1.165, 1.54) is 5.56 Å². The van der Waals surface area contributed by atoms with Gasteiger partial charge in [0, 0.05) is 43.4 Å². The van der Waals surface area contributed by atoms with E-state index in [4.69, 9.17) is 9.84 Å². The maximum absolute atomic E-state index is 13.2. The van der Waals surface area contributed by atoms with E-state index >= 15 is 0 Å². The summed E-state index contributed by atoms with van der Waals surface area (Å²) in [5.74, 6) is 0.499. The summed E-state index contributed by atoms with van der Waals surface area (Å²) in [5, 5.41) is 4.75. The molecule has 1 amide bonds. The highest BCUT2D eigenvalue weighted by molar-refractivity contribution is 5.97. The zero-order chi connectivity index (χ0) is 19.7. The molecule has 0 spiro atoms. The van der Waals surface area contributed by atoms with E-state index in [1.807, 2.05) is 41.8 Å². The van der Waals surface area contributed by atoms with Gasteiger partial charge in [-0.2, -0.15) is 5.10 Å². The van der Waals surface area contributed by atoms with Crippen LogP contribution >= 0.6 is 0 Å². The molecule has 0 bridgehead atoms. The lowest BCUT2D eigenvalue weighted by Gasteiger charge is -2.21. The summed E-state index contributed by atoms with van der Waals surface area (Å²) in [6, 6.07) is 12.1. The van der Waals surface area contributed by atoms with E-state index in [0.717, 1.165) is 35.5 Å². The van der Waals surface area contributed by atoms with Crippen LogP contribution in [0.4, 0.5) is 0 Å². The van der Waals surface area contributed by atoms with E-state index in [0.29, 0.717) is 24.4 Å². The Kier molecular flexibility index (Phi) is 4.86. The van der Waals surface area contributed by atoms with Gasteiger partial charge in [-0.1, -0.05) is 30.3 Å². The van der Waals surface area contributed by atoms with Gasteiger partial charge in [-0.3, -0.25) is 14.5 Å². The van der Waals surface area contributed by atoms with Crippen molar-refractivity contribution in [3.8, 4) is 17.0 Å². The third-order valence-electron chi connectivity index (χ3n) is 5.27. The van der Waals surface area contributed by atoms with Gasteiger partial charge >= 0.3 is 0 Å². The second kappa shape index (κ2) is 7.46. The van der Waals surface area contributed by atoms with Crippen LogP contribution in [-0.4, -0.2) is 45.8 Å². The minimum Gasteiger partial charge on any atom is -0.494 e. The number of rotatable bonds is 3. The molecule has 144 valence electrons. The van der Waals surface area contributed by atoms with E-state index in [9.17, 15) is 4.79 Å². The Morgan fingerprint density at radius 3 is 2.64 bits per heavy atom. The maximum Gasteiger partial charge on any atom is 0.257 e. The lowest BCUT2D eigenvalue weighted by molar-refractivity contribution is 0.0759. The third kappa shape index (κ3) is 3.26. The molecule has 0 fully saturated rings. The first-order chi connectivity index (χ1) is 13.6. The fourth-order valence-electron chi connectivity index (χ4n) is 3.89. The molecule has 0 atom stereocenters. The van der Waals surface area contributed by atoms with Gasteiger partial charge in [0.05, 0.1) is 30.3 Å². The van der Waals surface area contributed by atoms with Gasteiger partial charge in [0.1, 0.15) is 5.75 Å². The molecule has 3 aromatic rings. The van der Waals surface area contributed by atoms with Crippen LogP contribution in [0, 0.1) is 6.92 Å². The van der Waals surface area contributed by atoms with Crippen molar-refractivity contribution in [3.05, 3.63) is 65.1 Å². The van der Waals surface area contributed by atoms with Crippen molar-refractivity contribution in [2.75, 3.05) is 20.2 Å². The van der Waals surface area contributed by atoms with Crippen molar-refractivity contribution >= 4 is 5.91 Å². The van der Waals surface area contributed by atoms with Crippen molar-refractivity contribution in [3.63, 3.8) is 0 Å². The van der Waals surface area contributed by atoms with Crippen LogP contribution in [0.15, 0.2) is 42.6 Å². The molecule has 1 aliphatic rings. The van der Waals surface area contributed by atoms with Crippen LogP contribution in [0.3, 0.4) is 0 Å². The van der Waals surface area contributed by atoms with E-state index in [-0.39, 0.29) is 5.91 Å². The van der Waals surface area contributed by atoms with Crippen molar-refractivity contribution in [2.45, 2.75) is 19.8 Å². The number of nitrogens with zero attached hydrogens (tertiary/aromatic N) is 4. The molecule has 6 heteroatoms. The van der Waals surface area contributed by atoms with Crippen LogP contribution in [-0.2, 0) is 19.9 Å². The summed E-state index contributed by atoms with van der Waals surface area (Å²) in [6.07, 6.45) is 3.14. The summed E-state index contributed by atoms with van der Waals surface area (Å²) >= 11 is 0. The predicted molar refractivity (Wildman–Crippen MR) is 107 cm³/mol. The number of pyridine rings is 1. The van der Waals surface area contributed by atoms with Gasteiger partial charge in [0.25, 0.3) is 5.91 Å². The van der Waals surface area contributed by atoms with Crippen molar-refractivity contribution in [1.29, 1.82) is 0 Å². The highest BCUT2D eigenvalue weighted by atomic mass is 16.5. The molecule has 1 aliphatic heterocycles. The normalized spacial score (nSPS) is 13.8. The molecule has 3 heterocycles. The summed E-state index contributed by atoms with van der Waals surface area (Å²) in [7, 11) is 3.56. The lowest BCUT2D eigenvalue weighted by Crippen LogP contribution is -2.33. The second-order valence-electron chi connectivity index (χ2n) is 7.08. The molecule has 0 N–H and O–H groups in total. The minimum absolute atomic E-state index is 0.0156. The predicted octanol–water partition coefficient (Wildman–Crippen LogP) is 3.04. The number of amides is 1. The second-order valence-corrected chi connectivity index (χ2v) is 7.08. The molecule has 1 aromatic carbocycles. The lowest BCUT2D eigenvalue weighted by atomic mass is 10.0. The fourth-order valence-corrected chi connectivity index (χ4v) is 3.89. The standard InChI is InChI=1S/C22H24N4O2/c1-15-13-18(20(28-3)14-23-15)22(27)26-11-9-17-19(10-12-26)24-25(2)21(17)16-7-5-4-6-8-16/h4-8,13-14H,9-12H2,1-3H3. The Balaban J connectivity index is 1.62. The molecule has 2 aromatic heterocycles. The number of carbonyl (C=O) groups is 1. The zero-order valence-corrected chi connectivity index (χ0v) is 16.5. The van der Waals surface area contributed by atoms with Crippen LogP contribution < -0.4 is 4.74 Å². The Morgan fingerprint density at radius 1 is 1.14 bits per heavy atom. The zero-order valence-electron chi connectivity index (χ0n) is 16.5. The third-order valence-corrected chi connectivity index (χ3v) is 5.27. The van der Waals surface area contributed by atoms with Gasteiger partial charge in [-0.25, -0.2) is 0 Å². The van der Waals surface area contributed by atoms with Crippen molar-refractivity contribution < 1.29 is 9.53 Å². The van der Waals surface area contributed by atoms with Gasteiger partial charge < -0.3 is 9.64 Å². The van der Waals surface area contributed by atoms with Crippen LogP contribution in [0.2, 0.25) is 0 Å². The van der Waals surface area contributed by atoms with Gasteiger partial charge in [-0.05, 0) is 19.4 Å². The molecule has 0 aliphatic carbocycles. The molecule has 0 radical (unpaired) electrons. The number of aryl methyl sites for hydroxylation is 2. The highest BCUT2D eigenvalue weighted by Gasteiger charge is 2.26. The molecule has 6 nitrogen and oxygen atoms in total. The number of fused-ring (bicyclic) bond motifs is 1. The summed E-state index contributed by atoms with van der Waals surface area (Å²) in [5.41, 5.74) is 5.98. The number of aromatic nitrogens is 3. The van der Waals surface area contributed by atoms with E-state index in [2.05, 4.69) is 17.1 Å². The Hall–Kier alpha value is -3.15.